The van der Waals surface area contributed by atoms with Gasteiger partial charge in [0.2, 0.25) is 5.82 Å². The van der Waals surface area contributed by atoms with Crippen LogP contribution in [0.3, 0.4) is 0 Å². The van der Waals surface area contributed by atoms with E-state index < -0.39 is 12.1 Å². The van der Waals surface area contributed by atoms with Crippen molar-refractivity contribution in [3.05, 3.63) is 35.7 Å². The van der Waals surface area contributed by atoms with E-state index in [0.717, 1.165) is 0 Å². The number of hydrogen-bond donors (Lipinski definition) is 0. The van der Waals surface area contributed by atoms with E-state index in [2.05, 4.69) is 14.7 Å². The third-order valence-electron chi connectivity index (χ3n) is 4.18. The molecule has 0 saturated carbocycles. The Morgan fingerprint density at radius 1 is 1.24 bits per heavy atom. The second kappa shape index (κ2) is 6.93. The van der Waals surface area contributed by atoms with Gasteiger partial charge in [-0.05, 0) is 12.8 Å². The summed E-state index contributed by atoms with van der Waals surface area (Å²) in [5.74, 6) is -1.63. The van der Waals surface area contributed by atoms with Gasteiger partial charge in [0, 0.05) is 30.1 Å². The third kappa shape index (κ3) is 3.88. The summed E-state index contributed by atoms with van der Waals surface area (Å²) in [4.78, 5) is 21.0. The molecule has 9 heteroatoms. The van der Waals surface area contributed by atoms with Crippen LogP contribution in [0.15, 0.2) is 28.8 Å². The number of hydroxylamine groups is 2. The number of rotatable bonds is 4. The molecule has 0 amide bonds. The molecule has 0 unspecified atom stereocenters. The van der Waals surface area contributed by atoms with Gasteiger partial charge in [-0.1, -0.05) is 29.4 Å². The van der Waals surface area contributed by atoms with Gasteiger partial charge in [-0.15, -0.1) is 0 Å². The summed E-state index contributed by atoms with van der Waals surface area (Å²) in [5, 5.41) is 5.13. The van der Waals surface area contributed by atoms with Gasteiger partial charge < -0.3 is 9.36 Å². The first-order valence-corrected chi connectivity index (χ1v) is 7.73. The van der Waals surface area contributed by atoms with Crippen molar-refractivity contribution in [1.82, 2.24) is 15.2 Å². The Morgan fingerprint density at radius 2 is 1.88 bits per heavy atom. The van der Waals surface area contributed by atoms with Crippen LogP contribution in [0.5, 0.6) is 0 Å². The van der Waals surface area contributed by atoms with Crippen LogP contribution in [-0.2, 0) is 11.0 Å². The monoisotopic (exact) mass is 355 g/mol. The van der Waals surface area contributed by atoms with Crippen molar-refractivity contribution in [2.45, 2.75) is 19.0 Å². The molecule has 0 aliphatic carbocycles. The Bertz CT molecular complexity index is 735. The van der Waals surface area contributed by atoms with Gasteiger partial charge in [0.25, 0.3) is 0 Å². The zero-order valence-electron chi connectivity index (χ0n) is 13.4. The number of hydrogen-bond acceptors (Lipinski definition) is 6. The van der Waals surface area contributed by atoms with Crippen molar-refractivity contribution < 1.29 is 27.3 Å². The van der Waals surface area contributed by atoms with Crippen molar-refractivity contribution in [2.24, 2.45) is 5.92 Å². The maximum atomic E-state index is 12.5. The predicted octanol–water partition coefficient (Wildman–Crippen LogP) is 3.21. The topological polar surface area (TPSA) is 68.5 Å². The lowest BCUT2D eigenvalue weighted by molar-refractivity contribution is -0.159. The first-order chi connectivity index (χ1) is 11.9. The summed E-state index contributed by atoms with van der Waals surface area (Å²) in [6, 6.07) is 6.18. The zero-order chi connectivity index (χ0) is 18.0. The molecule has 0 N–H and O–H groups in total. The Labute approximate surface area is 141 Å². The molecule has 3 rings (SSSR count). The van der Waals surface area contributed by atoms with Gasteiger partial charge in [-0.2, -0.15) is 23.2 Å². The van der Waals surface area contributed by atoms with Gasteiger partial charge >= 0.3 is 12.1 Å². The number of aromatic nitrogens is 2. The molecule has 1 aromatic carbocycles. The highest BCUT2D eigenvalue weighted by molar-refractivity contribution is 5.98. The van der Waals surface area contributed by atoms with Crippen LogP contribution in [0, 0.1) is 5.92 Å². The number of carbonyl (C=O) groups excluding carboxylic acids is 1. The van der Waals surface area contributed by atoms with Crippen molar-refractivity contribution in [3.63, 3.8) is 0 Å². The number of carbonyl (C=O) groups is 1. The number of Topliss-reactive ketones (excluding diaryl/α,β-unsaturated/α-hetero) is 1. The number of piperidine rings is 1. The number of ketones is 1. The summed E-state index contributed by atoms with van der Waals surface area (Å²) in [7, 11) is 1.60. The van der Waals surface area contributed by atoms with Crippen LogP contribution < -0.4 is 0 Å². The number of benzene rings is 1. The molecular formula is C16H16F3N3O3. The van der Waals surface area contributed by atoms with Gasteiger partial charge in [0.1, 0.15) is 0 Å². The Kier molecular flexibility index (Phi) is 4.87. The van der Waals surface area contributed by atoms with Crippen LogP contribution in [0.2, 0.25) is 0 Å². The molecular weight excluding hydrogens is 339 g/mol. The number of nitrogens with zero attached hydrogens (tertiary/aromatic N) is 3. The molecule has 0 spiro atoms. The fraction of sp³-hybridized carbons (Fsp3) is 0.438. The average molecular weight is 355 g/mol. The Balaban J connectivity index is 1.70. The lowest BCUT2D eigenvalue weighted by atomic mass is 9.89. The molecule has 2 aromatic rings. The van der Waals surface area contributed by atoms with Gasteiger partial charge in [-0.25, -0.2) is 0 Å². The van der Waals surface area contributed by atoms with Crippen molar-refractivity contribution in [3.8, 4) is 11.4 Å². The maximum Gasteiger partial charge on any atom is 0.471 e. The highest BCUT2D eigenvalue weighted by atomic mass is 19.4. The molecule has 1 saturated heterocycles. The average Bonchev–Trinajstić information content (AvgIpc) is 3.12. The Hall–Kier alpha value is -2.26. The van der Waals surface area contributed by atoms with Crippen molar-refractivity contribution >= 4 is 5.78 Å². The van der Waals surface area contributed by atoms with Crippen LogP contribution in [-0.4, -0.2) is 41.2 Å². The number of alkyl halides is 3. The van der Waals surface area contributed by atoms with E-state index in [4.69, 9.17) is 4.84 Å². The zero-order valence-corrected chi connectivity index (χ0v) is 13.4. The van der Waals surface area contributed by atoms with Crippen LogP contribution >= 0.6 is 0 Å². The molecule has 0 bridgehead atoms. The fourth-order valence-electron chi connectivity index (χ4n) is 2.78. The summed E-state index contributed by atoms with van der Waals surface area (Å²) < 4.78 is 41.7. The van der Waals surface area contributed by atoms with Crippen molar-refractivity contribution in [2.75, 3.05) is 20.2 Å². The molecule has 2 heterocycles. The summed E-state index contributed by atoms with van der Waals surface area (Å²) in [6.07, 6.45) is -3.28. The first kappa shape index (κ1) is 17.6. The third-order valence-corrected chi connectivity index (χ3v) is 4.18. The minimum atomic E-state index is -4.68. The summed E-state index contributed by atoms with van der Waals surface area (Å²) in [6.45, 7) is 1.38. The SMILES string of the molecule is CON1CCC(C(=O)c2ccc(-c3noc(C(F)(F)F)n3)cc2)CC1. The van der Waals surface area contributed by atoms with Crippen LogP contribution in [0.1, 0.15) is 29.1 Å². The molecule has 6 nitrogen and oxygen atoms in total. The molecule has 1 aliphatic rings. The Morgan fingerprint density at radius 3 is 2.40 bits per heavy atom. The minimum absolute atomic E-state index is 0.0198. The fourth-order valence-corrected chi connectivity index (χ4v) is 2.78. The molecule has 0 atom stereocenters. The van der Waals surface area contributed by atoms with E-state index in [-0.39, 0.29) is 17.5 Å². The molecule has 1 aliphatic heterocycles. The van der Waals surface area contributed by atoms with E-state index in [9.17, 15) is 18.0 Å². The maximum absolute atomic E-state index is 12.5. The molecule has 134 valence electrons. The lowest BCUT2D eigenvalue weighted by Crippen LogP contribution is -2.35. The van der Waals surface area contributed by atoms with Gasteiger partial charge in [0.05, 0.1) is 7.11 Å². The minimum Gasteiger partial charge on any atom is -0.329 e. The first-order valence-electron chi connectivity index (χ1n) is 7.73. The van der Waals surface area contributed by atoms with E-state index in [1.54, 1.807) is 24.3 Å². The van der Waals surface area contributed by atoms with Crippen molar-refractivity contribution in [1.29, 1.82) is 0 Å². The second-order valence-electron chi connectivity index (χ2n) is 5.75. The molecule has 1 fully saturated rings. The highest BCUT2D eigenvalue weighted by Crippen LogP contribution is 2.29. The summed E-state index contributed by atoms with van der Waals surface area (Å²) >= 11 is 0. The predicted molar refractivity (Wildman–Crippen MR) is 80.4 cm³/mol. The van der Waals surface area contributed by atoms with E-state index in [1.807, 2.05) is 0 Å². The van der Waals surface area contributed by atoms with E-state index >= 15 is 0 Å². The lowest BCUT2D eigenvalue weighted by Gasteiger charge is -2.29. The van der Waals surface area contributed by atoms with E-state index in [1.165, 1.54) is 12.1 Å². The summed E-state index contributed by atoms with van der Waals surface area (Å²) in [5.41, 5.74) is 0.865. The van der Waals surface area contributed by atoms with Crippen LogP contribution in [0.4, 0.5) is 13.2 Å². The van der Waals surface area contributed by atoms with Crippen LogP contribution in [0.25, 0.3) is 11.4 Å². The normalized spacial score (nSPS) is 17.0. The highest BCUT2D eigenvalue weighted by Gasteiger charge is 2.38. The largest absolute Gasteiger partial charge is 0.471 e. The van der Waals surface area contributed by atoms with Gasteiger partial charge in [-0.3, -0.25) is 4.79 Å². The quantitative estimate of drug-likeness (QED) is 0.785. The standard InChI is InChI=1S/C16H16F3N3O3/c1-24-22-8-6-11(7-9-22)13(23)10-2-4-12(5-3-10)14-20-15(25-21-14)16(17,18)19/h2-5,11H,6-9H2,1H3. The number of halogens is 3. The molecule has 25 heavy (non-hydrogen) atoms. The van der Waals surface area contributed by atoms with Gasteiger partial charge in [0.15, 0.2) is 5.78 Å². The second-order valence-corrected chi connectivity index (χ2v) is 5.75. The molecule has 0 radical (unpaired) electrons. The smallest absolute Gasteiger partial charge is 0.329 e. The van der Waals surface area contributed by atoms with E-state index in [0.29, 0.717) is 37.1 Å². The molecule has 1 aromatic heterocycles.